The van der Waals surface area contributed by atoms with Crippen LogP contribution in [0.2, 0.25) is 0 Å². The fourth-order valence-corrected chi connectivity index (χ4v) is 2.40. The average Bonchev–Trinajstić information content (AvgIpc) is 3.01. The van der Waals surface area contributed by atoms with Crippen molar-refractivity contribution in [1.29, 1.82) is 0 Å². The molecule has 0 saturated carbocycles. The van der Waals surface area contributed by atoms with Crippen molar-refractivity contribution in [3.8, 4) is 5.75 Å². The summed E-state index contributed by atoms with van der Waals surface area (Å²) in [5.74, 6) is -2.87. The van der Waals surface area contributed by atoms with Gasteiger partial charge in [0.25, 0.3) is 0 Å². The summed E-state index contributed by atoms with van der Waals surface area (Å²) in [6.07, 6.45) is 0.970. The highest BCUT2D eigenvalue weighted by Gasteiger charge is 2.26. The number of hydrogen-bond donors (Lipinski definition) is 2. The number of aliphatic carboxylic acids is 1. The van der Waals surface area contributed by atoms with Gasteiger partial charge in [0.1, 0.15) is 17.4 Å². The molecule has 1 unspecified atom stereocenters. The lowest BCUT2D eigenvalue weighted by Crippen LogP contribution is -2.14. The third kappa shape index (κ3) is 3.71. The summed E-state index contributed by atoms with van der Waals surface area (Å²) in [4.78, 5) is 22.5. The maximum Gasteiger partial charge on any atom is 0.371 e. The topological polar surface area (TPSA) is 97.0 Å². The Hall–Kier alpha value is -2.76. The number of aryl methyl sites for hydroxylation is 1. The highest BCUT2D eigenvalue weighted by Crippen LogP contribution is 2.29. The van der Waals surface area contributed by atoms with Crippen molar-refractivity contribution >= 4 is 11.9 Å². The van der Waals surface area contributed by atoms with E-state index in [4.69, 9.17) is 14.3 Å². The summed E-state index contributed by atoms with van der Waals surface area (Å²) in [5, 5.41) is 18.4. The highest BCUT2D eigenvalue weighted by molar-refractivity contribution is 5.84. The number of carboxylic acids is 2. The van der Waals surface area contributed by atoms with Gasteiger partial charge in [-0.15, -0.1) is 0 Å². The van der Waals surface area contributed by atoms with Crippen LogP contribution in [0.1, 0.15) is 40.3 Å². The molecule has 1 heterocycles. The van der Waals surface area contributed by atoms with Gasteiger partial charge in [-0.2, -0.15) is 0 Å². The first-order valence-corrected chi connectivity index (χ1v) is 7.17. The summed E-state index contributed by atoms with van der Waals surface area (Å²) < 4.78 is 10.4. The van der Waals surface area contributed by atoms with E-state index < -0.39 is 17.9 Å². The summed E-state index contributed by atoms with van der Waals surface area (Å²) in [6.45, 7) is 2.01. The zero-order valence-corrected chi connectivity index (χ0v) is 12.9. The Morgan fingerprint density at radius 2 is 1.96 bits per heavy atom. The van der Waals surface area contributed by atoms with Crippen molar-refractivity contribution < 1.29 is 29.0 Å². The largest absolute Gasteiger partial charge is 0.496 e. The van der Waals surface area contributed by atoms with Gasteiger partial charge in [-0.05, 0) is 42.2 Å². The lowest BCUT2D eigenvalue weighted by molar-refractivity contribution is -0.139. The zero-order chi connectivity index (χ0) is 17.0. The highest BCUT2D eigenvalue weighted by atomic mass is 16.5. The summed E-state index contributed by atoms with van der Waals surface area (Å²) in [6, 6.07) is 8.27. The minimum atomic E-state index is -1.23. The van der Waals surface area contributed by atoms with Crippen LogP contribution < -0.4 is 4.74 Å². The molecule has 0 aliphatic carbocycles. The molecule has 0 aliphatic rings. The Bertz CT molecular complexity index is 716. The van der Waals surface area contributed by atoms with Crippen LogP contribution >= 0.6 is 0 Å². The second kappa shape index (κ2) is 7.00. The zero-order valence-electron chi connectivity index (χ0n) is 12.9. The normalized spacial score (nSPS) is 11.9. The van der Waals surface area contributed by atoms with Crippen molar-refractivity contribution in [1.82, 2.24) is 0 Å². The van der Waals surface area contributed by atoms with Gasteiger partial charge in [0.15, 0.2) is 0 Å². The smallest absolute Gasteiger partial charge is 0.371 e. The molecule has 0 aliphatic heterocycles. The van der Waals surface area contributed by atoms with E-state index in [1.165, 1.54) is 19.2 Å². The summed E-state index contributed by atoms with van der Waals surface area (Å²) >= 11 is 0. The minimum Gasteiger partial charge on any atom is -0.496 e. The van der Waals surface area contributed by atoms with Gasteiger partial charge in [-0.1, -0.05) is 19.1 Å². The Morgan fingerprint density at radius 3 is 2.48 bits per heavy atom. The third-order valence-corrected chi connectivity index (χ3v) is 3.66. The van der Waals surface area contributed by atoms with Crippen molar-refractivity contribution in [2.45, 2.75) is 25.7 Å². The Morgan fingerprint density at radius 1 is 1.22 bits per heavy atom. The van der Waals surface area contributed by atoms with E-state index in [0.717, 1.165) is 17.5 Å². The molecule has 23 heavy (non-hydrogen) atoms. The first-order chi connectivity index (χ1) is 11.0. The first-order valence-electron chi connectivity index (χ1n) is 7.17. The molecule has 1 aromatic carbocycles. The van der Waals surface area contributed by atoms with Crippen molar-refractivity contribution in [3.05, 3.63) is 53.0 Å². The molecule has 1 aromatic heterocycles. The Kier molecular flexibility index (Phi) is 5.05. The van der Waals surface area contributed by atoms with E-state index in [0.29, 0.717) is 5.75 Å². The number of hydrogen-bond acceptors (Lipinski definition) is 4. The molecule has 6 nitrogen and oxygen atoms in total. The third-order valence-electron chi connectivity index (χ3n) is 3.66. The van der Waals surface area contributed by atoms with Gasteiger partial charge < -0.3 is 19.4 Å². The molecule has 0 saturated heterocycles. The molecule has 2 rings (SSSR count). The lowest BCUT2D eigenvalue weighted by atomic mass is 9.95. The van der Waals surface area contributed by atoms with E-state index in [-0.39, 0.29) is 17.9 Å². The van der Waals surface area contributed by atoms with Crippen LogP contribution in [0.4, 0.5) is 0 Å². The molecular formula is C17H18O6. The van der Waals surface area contributed by atoms with Crippen LogP contribution in [0.5, 0.6) is 5.75 Å². The molecular weight excluding hydrogens is 300 g/mol. The fourth-order valence-electron chi connectivity index (χ4n) is 2.40. The lowest BCUT2D eigenvalue weighted by Gasteiger charge is -2.14. The maximum absolute atomic E-state index is 11.6. The van der Waals surface area contributed by atoms with Crippen LogP contribution in [0.3, 0.4) is 0 Å². The second-order valence-corrected chi connectivity index (χ2v) is 5.10. The van der Waals surface area contributed by atoms with E-state index >= 15 is 0 Å². The molecule has 0 bridgehead atoms. The molecule has 1 atom stereocenters. The van der Waals surface area contributed by atoms with Gasteiger partial charge in [0, 0.05) is 0 Å². The molecule has 0 fully saturated rings. The summed E-state index contributed by atoms with van der Waals surface area (Å²) in [7, 11) is 1.52. The van der Waals surface area contributed by atoms with Crippen LogP contribution in [0.25, 0.3) is 0 Å². The Labute approximate surface area is 133 Å². The van der Waals surface area contributed by atoms with Crippen LogP contribution in [-0.4, -0.2) is 29.3 Å². The molecule has 0 radical (unpaired) electrons. The number of aromatic carboxylic acids is 1. The van der Waals surface area contributed by atoms with Gasteiger partial charge in [-0.25, -0.2) is 4.79 Å². The molecule has 6 heteroatoms. The predicted molar refractivity (Wildman–Crippen MR) is 82.1 cm³/mol. The van der Waals surface area contributed by atoms with Gasteiger partial charge in [0.05, 0.1) is 7.11 Å². The Balaban J connectivity index is 2.36. The van der Waals surface area contributed by atoms with E-state index in [1.54, 1.807) is 6.07 Å². The number of ether oxygens (including phenoxy) is 1. The quantitative estimate of drug-likeness (QED) is 0.814. The fraction of sp³-hybridized carbons (Fsp3) is 0.294. The van der Waals surface area contributed by atoms with E-state index in [9.17, 15) is 14.7 Å². The monoisotopic (exact) mass is 318 g/mol. The van der Waals surface area contributed by atoms with Crippen LogP contribution in [0.15, 0.2) is 34.7 Å². The minimum absolute atomic E-state index is 0.110. The molecule has 2 N–H and O–H groups in total. The van der Waals surface area contributed by atoms with Gasteiger partial charge in [-0.3, -0.25) is 4.79 Å². The number of furan rings is 1. The van der Waals surface area contributed by atoms with Gasteiger partial charge >= 0.3 is 11.9 Å². The number of carbonyl (C=O) groups is 2. The van der Waals surface area contributed by atoms with Crippen LogP contribution in [0, 0.1) is 0 Å². The predicted octanol–water partition coefficient (Wildman–Crippen LogP) is 2.96. The molecule has 2 aromatic rings. The average molecular weight is 318 g/mol. The number of methoxy groups -OCH3 is 1. The van der Waals surface area contributed by atoms with E-state index in [2.05, 4.69) is 0 Å². The summed E-state index contributed by atoms with van der Waals surface area (Å²) in [5.41, 5.74) is 1.81. The van der Waals surface area contributed by atoms with Crippen LogP contribution in [-0.2, 0) is 17.6 Å². The first kappa shape index (κ1) is 16.6. The maximum atomic E-state index is 11.6. The van der Waals surface area contributed by atoms with Crippen molar-refractivity contribution in [2.24, 2.45) is 0 Å². The van der Waals surface area contributed by atoms with E-state index in [1.807, 2.05) is 19.1 Å². The number of rotatable bonds is 7. The number of benzene rings is 1. The molecule has 122 valence electrons. The standard InChI is InChI=1S/C17H18O6/c1-3-10-4-5-13(22-2)11(8-10)9-12(16(18)19)14-6-7-15(23-14)17(20)21/h4-8,12H,3,9H2,1-2H3,(H,18,19)(H,20,21). The molecule has 0 spiro atoms. The second-order valence-electron chi connectivity index (χ2n) is 5.10. The SMILES string of the molecule is CCc1ccc(OC)c(CC(C(=O)O)c2ccc(C(=O)O)o2)c1. The van der Waals surface area contributed by atoms with Crippen molar-refractivity contribution in [2.75, 3.05) is 7.11 Å². The molecule has 0 amide bonds. The van der Waals surface area contributed by atoms with Crippen molar-refractivity contribution in [3.63, 3.8) is 0 Å². The van der Waals surface area contributed by atoms with Gasteiger partial charge in [0.2, 0.25) is 5.76 Å². The number of carboxylic acid groups (broad SMARTS) is 2.